The number of carbonyl (C=O) groups excluding carboxylic acids is 1. The number of carbonyl (C=O) groups is 1. The van der Waals surface area contributed by atoms with Gasteiger partial charge in [-0.3, -0.25) is 4.79 Å². The van der Waals surface area contributed by atoms with E-state index < -0.39 is 58.2 Å². The van der Waals surface area contributed by atoms with E-state index >= 15 is 0 Å². The summed E-state index contributed by atoms with van der Waals surface area (Å²) in [6.07, 6.45) is 2.58. The molecular formula is C19H19F4N3O5S. The highest BCUT2D eigenvalue weighted by molar-refractivity contribution is 7.93. The second kappa shape index (κ2) is 10.5. The Morgan fingerprint density at radius 3 is 2.47 bits per heavy atom. The summed E-state index contributed by atoms with van der Waals surface area (Å²) in [6, 6.07) is 6.54. The smallest absolute Gasteiger partial charge is 0.345 e. The largest absolute Gasteiger partial charge is 0.438 e. The molecule has 0 bridgehead atoms. The molecule has 2 rings (SSSR count). The van der Waals surface area contributed by atoms with Gasteiger partial charge in [0, 0.05) is 24.8 Å². The zero-order valence-corrected chi connectivity index (χ0v) is 17.7. The van der Waals surface area contributed by atoms with Crippen molar-refractivity contribution in [2.75, 3.05) is 12.9 Å². The minimum atomic E-state index is -3.64. The van der Waals surface area contributed by atoms with E-state index in [0.29, 0.717) is 12.3 Å². The molecular weight excluding hydrogens is 458 g/mol. The van der Waals surface area contributed by atoms with Gasteiger partial charge < -0.3 is 14.8 Å². The van der Waals surface area contributed by atoms with Gasteiger partial charge in [-0.15, -0.1) is 0 Å². The number of hydrogen-bond acceptors (Lipinski definition) is 7. The average molecular weight is 477 g/mol. The number of amides is 1. The van der Waals surface area contributed by atoms with Gasteiger partial charge in [0.25, 0.3) is 5.91 Å². The highest BCUT2D eigenvalue weighted by atomic mass is 32.2. The van der Waals surface area contributed by atoms with Crippen LogP contribution in [0.2, 0.25) is 0 Å². The second-order valence-electron chi connectivity index (χ2n) is 6.55. The standard InChI is InChI=1S/C19H19F4N3O5S/c1-19(22,23)17-24-10-14(16(26-17)31-13-6-4-3-5-7-13)15(27)25-12(11-30-18(20)21)8-9-32(2,28)29/h3-10,12,18H,11H2,1-2H3,(H,25,27). The van der Waals surface area contributed by atoms with Crippen LogP contribution in [-0.2, 0) is 20.5 Å². The number of hydrogen-bond donors (Lipinski definition) is 1. The summed E-state index contributed by atoms with van der Waals surface area (Å²) in [4.78, 5) is 19.8. The van der Waals surface area contributed by atoms with Crippen molar-refractivity contribution < 1.29 is 40.2 Å². The molecule has 2 aromatic rings. The fourth-order valence-corrected chi connectivity index (χ4v) is 2.69. The van der Waals surface area contributed by atoms with Crippen LogP contribution in [0.1, 0.15) is 23.1 Å². The predicted octanol–water partition coefficient (Wildman–Crippen LogP) is 3.28. The van der Waals surface area contributed by atoms with Crippen LogP contribution in [0.3, 0.4) is 0 Å². The number of alkyl halides is 4. The van der Waals surface area contributed by atoms with Gasteiger partial charge in [0.1, 0.15) is 11.3 Å². The maximum absolute atomic E-state index is 13.7. The van der Waals surface area contributed by atoms with Gasteiger partial charge in [-0.25, -0.2) is 13.4 Å². The van der Waals surface area contributed by atoms with Gasteiger partial charge in [-0.05, 0) is 18.2 Å². The molecule has 1 atom stereocenters. The fraction of sp³-hybridized carbons (Fsp3) is 0.316. The number of ether oxygens (including phenoxy) is 2. The molecule has 0 radical (unpaired) electrons. The molecule has 1 aromatic carbocycles. The first-order valence-electron chi connectivity index (χ1n) is 8.92. The lowest BCUT2D eigenvalue weighted by atomic mass is 10.2. The minimum absolute atomic E-state index is 0.181. The summed E-state index contributed by atoms with van der Waals surface area (Å²) in [5.41, 5.74) is -0.392. The lowest BCUT2D eigenvalue weighted by Crippen LogP contribution is -2.38. The molecule has 1 heterocycles. The molecule has 0 aliphatic heterocycles. The van der Waals surface area contributed by atoms with Crippen molar-refractivity contribution in [3.8, 4) is 11.6 Å². The molecule has 0 saturated heterocycles. The molecule has 1 amide bonds. The van der Waals surface area contributed by atoms with Gasteiger partial charge in [-0.1, -0.05) is 18.2 Å². The Balaban J connectivity index is 2.37. The van der Waals surface area contributed by atoms with Crippen molar-refractivity contribution in [1.82, 2.24) is 15.3 Å². The Morgan fingerprint density at radius 2 is 1.91 bits per heavy atom. The number of para-hydroxylation sites is 1. The number of benzene rings is 1. The Morgan fingerprint density at radius 1 is 1.25 bits per heavy atom. The van der Waals surface area contributed by atoms with Gasteiger partial charge in [0.15, 0.2) is 9.84 Å². The van der Waals surface area contributed by atoms with Crippen molar-refractivity contribution in [1.29, 1.82) is 0 Å². The van der Waals surface area contributed by atoms with Crippen molar-refractivity contribution in [3.05, 3.63) is 59.4 Å². The molecule has 1 unspecified atom stereocenters. The van der Waals surface area contributed by atoms with Gasteiger partial charge >= 0.3 is 12.5 Å². The Kier molecular flexibility index (Phi) is 8.27. The third-order valence-electron chi connectivity index (χ3n) is 3.63. The van der Waals surface area contributed by atoms with E-state index in [1.807, 2.05) is 0 Å². The topological polar surface area (TPSA) is 107 Å². The number of aromatic nitrogens is 2. The summed E-state index contributed by atoms with van der Waals surface area (Å²) in [5.74, 6) is -5.67. The molecule has 0 fully saturated rings. The molecule has 13 heteroatoms. The first-order chi connectivity index (χ1) is 14.8. The molecule has 0 aliphatic rings. The van der Waals surface area contributed by atoms with Gasteiger partial charge in [0.2, 0.25) is 11.7 Å². The molecule has 1 aromatic heterocycles. The predicted molar refractivity (Wildman–Crippen MR) is 105 cm³/mol. The van der Waals surface area contributed by atoms with E-state index in [-0.39, 0.29) is 5.75 Å². The monoisotopic (exact) mass is 477 g/mol. The zero-order valence-electron chi connectivity index (χ0n) is 16.8. The number of sulfone groups is 1. The van der Waals surface area contributed by atoms with Gasteiger partial charge in [-0.2, -0.15) is 22.5 Å². The zero-order chi connectivity index (χ0) is 23.9. The normalized spacial score (nSPS) is 13.3. The van der Waals surface area contributed by atoms with Crippen molar-refractivity contribution in [2.24, 2.45) is 0 Å². The summed E-state index contributed by atoms with van der Waals surface area (Å²) in [7, 11) is -3.64. The van der Waals surface area contributed by atoms with E-state index in [1.54, 1.807) is 18.2 Å². The highest BCUT2D eigenvalue weighted by Gasteiger charge is 2.31. The van der Waals surface area contributed by atoms with E-state index in [9.17, 15) is 30.8 Å². The van der Waals surface area contributed by atoms with Crippen LogP contribution in [0.4, 0.5) is 17.6 Å². The number of rotatable bonds is 10. The average Bonchev–Trinajstić information content (AvgIpc) is 2.69. The fourth-order valence-electron chi connectivity index (χ4n) is 2.22. The third kappa shape index (κ3) is 8.23. The number of nitrogens with zero attached hydrogens (tertiary/aromatic N) is 2. The Hall–Kier alpha value is -3.06. The first-order valence-corrected chi connectivity index (χ1v) is 10.9. The summed E-state index contributed by atoms with van der Waals surface area (Å²) in [6.45, 7) is -3.38. The highest BCUT2D eigenvalue weighted by Crippen LogP contribution is 2.28. The maximum Gasteiger partial charge on any atom is 0.345 e. The molecule has 8 nitrogen and oxygen atoms in total. The maximum atomic E-state index is 13.7. The van der Waals surface area contributed by atoms with Crippen LogP contribution < -0.4 is 10.1 Å². The van der Waals surface area contributed by atoms with Crippen LogP contribution in [0.5, 0.6) is 11.6 Å². The van der Waals surface area contributed by atoms with Crippen LogP contribution in [-0.4, -0.2) is 49.8 Å². The van der Waals surface area contributed by atoms with Crippen molar-refractivity contribution in [3.63, 3.8) is 0 Å². The quantitative estimate of drug-likeness (QED) is 0.524. The Bertz CT molecular complexity index is 1060. The second-order valence-corrected chi connectivity index (χ2v) is 8.48. The van der Waals surface area contributed by atoms with E-state index in [2.05, 4.69) is 20.0 Å². The molecule has 32 heavy (non-hydrogen) atoms. The Labute approximate surface area is 181 Å². The van der Waals surface area contributed by atoms with Crippen LogP contribution >= 0.6 is 0 Å². The lowest BCUT2D eigenvalue weighted by molar-refractivity contribution is -0.130. The first kappa shape index (κ1) is 25.2. The van der Waals surface area contributed by atoms with Crippen molar-refractivity contribution in [2.45, 2.75) is 25.5 Å². The molecule has 0 aliphatic carbocycles. The number of nitrogens with one attached hydrogen (secondary N) is 1. The summed E-state index contributed by atoms with van der Waals surface area (Å²) < 4.78 is 84.4. The van der Waals surface area contributed by atoms with Crippen molar-refractivity contribution >= 4 is 15.7 Å². The van der Waals surface area contributed by atoms with Crippen LogP contribution in [0, 0.1) is 0 Å². The molecule has 174 valence electrons. The minimum Gasteiger partial charge on any atom is -0.438 e. The summed E-state index contributed by atoms with van der Waals surface area (Å²) in [5, 5.41) is 2.95. The lowest BCUT2D eigenvalue weighted by Gasteiger charge is -2.17. The molecule has 0 saturated carbocycles. The van der Waals surface area contributed by atoms with E-state index in [1.165, 1.54) is 12.1 Å². The van der Waals surface area contributed by atoms with Gasteiger partial charge in [0.05, 0.1) is 12.6 Å². The van der Waals surface area contributed by atoms with Crippen LogP contribution in [0.15, 0.2) is 48.0 Å². The van der Waals surface area contributed by atoms with Crippen LogP contribution in [0.25, 0.3) is 0 Å². The summed E-state index contributed by atoms with van der Waals surface area (Å²) >= 11 is 0. The van der Waals surface area contributed by atoms with E-state index in [0.717, 1.165) is 18.5 Å². The van der Waals surface area contributed by atoms with E-state index in [4.69, 9.17) is 4.74 Å². The third-order valence-corrected chi connectivity index (χ3v) is 4.28. The number of halogens is 4. The molecule has 1 N–H and O–H groups in total. The SMILES string of the molecule is CC(F)(F)c1ncc(C(=O)NC(C=CS(C)(=O)=O)COC(F)F)c(Oc2ccccc2)n1. The molecule has 0 spiro atoms.